The molecule has 0 aliphatic carbocycles. The van der Waals surface area contributed by atoms with E-state index in [1.54, 1.807) is 11.8 Å². The first kappa shape index (κ1) is 14.7. The van der Waals surface area contributed by atoms with Crippen molar-refractivity contribution < 1.29 is 4.74 Å². The normalized spacial score (nSPS) is 20.5. The molecule has 106 valence electrons. The van der Waals surface area contributed by atoms with E-state index in [4.69, 9.17) is 10.5 Å². The van der Waals surface area contributed by atoms with Crippen LogP contribution in [0.5, 0.6) is 5.75 Å². The highest BCUT2D eigenvalue weighted by Gasteiger charge is 2.20. The Morgan fingerprint density at radius 1 is 1.42 bits per heavy atom. The number of likely N-dealkylation sites (N-methyl/N-ethyl adjacent to an activating group) is 1. The van der Waals surface area contributed by atoms with E-state index < -0.39 is 0 Å². The molecule has 2 N–H and O–H groups in total. The molecule has 1 aromatic carbocycles. The number of ether oxygens (including phenoxy) is 1. The molecule has 1 aliphatic heterocycles. The van der Waals surface area contributed by atoms with Gasteiger partial charge in [-0.25, -0.2) is 0 Å². The van der Waals surface area contributed by atoms with Gasteiger partial charge in [-0.05, 0) is 44.8 Å². The summed E-state index contributed by atoms with van der Waals surface area (Å²) in [7, 11) is 2.19. The van der Waals surface area contributed by atoms with Gasteiger partial charge in [0.2, 0.25) is 0 Å². The summed E-state index contributed by atoms with van der Waals surface area (Å²) in [4.78, 5) is 3.63. The second-order valence-electron chi connectivity index (χ2n) is 5.08. The number of hydrogen-bond donors (Lipinski definition) is 1. The van der Waals surface area contributed by atoms with E-state index in [0.717, 1.165) is 17.9 Å². The molecule has 1 atom stereocenters. The second kappa shape index (κ2) is 7.17. The highest BCUT2D eigenvalue weighted by Crippen LogP contribution is 2.29. The van der Waals surface area contributed by atoms with E-state index in [1.807, 2.05) is 12.1 Å². The summed E-state index contributed by atoms with van der Waals surface area (Å²) in [5.74, 6) is 0.952. The Bertz CT molecular complexity index is 411. The molecule has 0 amide bonds. The maximum absolute atomic E-state index is 6.05. The molecule has 1 fully saturated rings. The average molecular weight is 280 g/mol. The molecule has 1 heterocycles. The van der Waals surface area contributed by atoms with Crippen molar-refractivity contribution in [3.8, 4) is 5.75 Å². The lowest BCUT2D eigenvalue weighted by molar-refractivity contribution is 0.124. The van der Waals surface area contributed by atoms with Crippen molar-refractivity contribution in [1.82, 2.24) is 4.90 Å². The van der Waals surface area contributed by atoms with Crippen molar-refractivity contribution in [2.75, 3.05) is 26.5 Å². The fraction of sp³-hybridized carbons (Fsp3) is 0.600. The van der Waals surface area contributed by atoms with Crippen LogP contribution in [0, 0.1) is 0 Å². The number of benzene rings is 1. The van der Waals surface area contributed by atoms with Crippen LogP contribution in [-0.4, -0.2) is 37.4 Å². The maximum Gasteiger partial charge on any atom is 0.124 e. The number of nitrogens with zero attached hydrogens (tertiary/aromatic N) is 1. The number of thioether (sulfide) groups is 1. The smallest absolute Gasteiger partial charge is 0.124 e. The molecule has 19 heavy (non-hydrogen) atoms. The van der Waals surface area contributed by atoms with Crippen LogP contribution < -0.4 is 10.5 Å². The topological polar surface area (TPSA) is 38.5 Å². The number of rotatable bonds is 5. The standard InChI is InChI=1S/C15H24N2OS/c1-17-9-4-3-6-12(17)11-18-14-7-5-8-15(19-2)13(14)10-16/h5,7-8,12H,3-4,6,9-11,16H2,1-2H3. The van der Waals surface area contributed by atoms with Crippen molar-refractivity contribution in [2.45, 2.75) is 36.7 Å². The quantitative estimate of drug-likeness (QED) is 0.842. The Morgan fingerprint density at radius 3 is 2.95 bits per heavy atom. The molecule has 0 bridgehead atoms. The largest absolute Gasteiger partial charge is 0.492 e. The monoisotopic (exact) mass is 280 g/mol. The van der Waals surface area contributed by atoms with Crippen LogP contribution in [0.3, 0.4) is 0 Å². The first-order chi connectivity index (χ1) is 9.26. The van der Waals surface area contributed by atoms with Gasteiger partial charge in [0.1, 0.15) is 12.4 Å². The predicted molar refractivity (Wildman–Crippen MR) is 81.9 cm³/mol. The van der Waals surface area contributed by atoms with Crippen molar-refractivity contribution in [1.29, 1.82) is 0 Å². The van der Waals surface area contributed by atoms with E-state index >= 15 is 0 Å². The van der Waals surface area contributed by atoms with Crippen LogP contribution >= 0.6 is 11.8 Å². The Hall–Kier alpha value is -0.710. The highest BCUT2D eigenvalue weighted by molar-refractivity contribution is 7.98. The Balaban J connectivity index is 2.02. The SMILES string of the molecule is CSc1cccc(OCC2CCCCN2C)c1CN. The molecule has 3 nitrogen and oxygen atoms in total. The molecule has 0 radical (unpaired) electrons. The van der Waals surface area contributed by atoms with Gasteiger partial charge in [0.25, 0.3) is 0 Å². The van der Waals surface area contributed by atoms with E-state index in [-0.39, 0.29) is 0 Å². The van der Waals surface area contributed by atoms with Gasteiger partial charge in [-0.15, -0.1) is 11.8 Å². The Morgan fingerprint density at radius 2 is 2.26 bits per heavy atom. The van der Waals surface area contributed by atoms with Gasteiger partial charge in [-0.3, -0.25) is 0 Å². The summed E-state index contributed by atoms with van der Waals surface area (Å²) >= 11 is 1.73. The van der Waals surface area contributed by atoms with Crippen LogP contribution in [0.2, 0.25) is 0 Å². The predicted octanol–water partition coefficient (Wildman–Crippen LogP) is 2.73. The minimum atomic E-state index is 0.535. The second-order valence-corrected chi connectivity index (χ2v) is 5.93. The van der Waals surface area contributed by atoms with Gasteiger partial charge in [-0.2, -0.15) is 0 Å². The minimum absolute atomic E-state index is 0.535. The maximum atomic E-state index is 6.05. The number of hydrogen-bond acceptors (Lipinski definition) is 4. The number of likely N-dealkylation sites (tertiary alicyclic amines) is 1. The molecule has 0 saturated carbocycles. The van der Waals surface area contributed by atoms with E-state index in [2.05, 4.69) is 24.3 Å². The first-order valence-electron chi connectivity index (χ1n) is 6.95. The van der Waals surface area contributed by atoms with Gasteiger partial charge in [-0.1, -0.05) is 12.5 Å². The van der Waals surface area contributed by atoms with Crippen molar-refractivity contribution in [3.05, 3.63) is 23.8 Å². The molecule has 0 spiro atoms. The Labute approximate surface area is 120 Å². The number of piperidine rings is 1. The molecule has 1 saturated heterocycles. The summed E-state index contributed by atoms with van der Waals surface area (Å²) in [6.45, 7) is 2.48. The molecule has 1 aliphatic rings. The lowest BCUT2D eigenvalue weighted by Crippen LogP contribution is -2.40. The molecule has 1 aromatic rings. The zero-order chi connectivity index (χ0) is 13.7. The van der Waals surface area contributed by atoms with Gasteiger partial charge in [0.05, 0.1) is 0 Å². The molecule has 2 rings (SSSR count). The molecule has 4 heteroatoms. The average Bonchev–Trinajstić information content (AvgIpc) is 2.45. The molecular weight excluding hydrogens is 256 g/mol. The van der Waals surface area contributed by atoms with Crippen LogP contribution in [0.15, 0.2) is 23.1 Å². The summed E-state index contributed by atoms with van der Waals surface area (Å²) in [5.41, 5.74) is 6.99. The summed E-state index contributed by atoms with van der Waals surface area (Å²) < 4.78 is 6.05. The first-order valence-corrected chi connectivity index (χ1v) is 8.17. The fourth-order valence-electron chi connectivity index (χ4n) is 2.61. The summed E-state index contributed by atoms with van der Waals surface area (Å²) in [6, 6.07) is 6.72. The summed E-state index contributed by atoms with van der Waals surface area (Å²) in [6.07, 6.45) is 5.93. The van der Waals surface area contributed by atoms with Crippen LogP contribution in [0.25, 0.3) is 0 Å². The van der Waals surface area contributed by atoms with Crippen LogP contribution in [0.1, 0.15) is 24.8 Å². The van der Waals surface area contributed by atoms with Crippen molar-refractivity contribution in [2.24, 2.45) is 5.73 Å². The van der Waals surface area contributed by atoms with E-state index in [1.165, 1.54) is 30.7 Å². The van der Waals surface area contributed by atoms with Gasteiger partial charge in [0, 0.05) is 23.0 Å². The zero-order valence-electron chi connectivity index (χ0n) is 11.9. The third-order valence-electron chi connectivity index (χ3n) is 3.87. The third kappa shape index (κ3) is 3.65. The highest BCUT2D eigenvalue weighted by atomic mass is 32.2. The minimum Gasteiger partial charge on any atom is -0.492 e. The van der Waals surface area contributed by atoms with Crippen LogP contribution in [0.4, 0.5) is 0 Å². The lowest BCUT2D eigenvalue weighted by Gasteiger charge is -2.32. The molecule has 0 aromatic heterocycles. The molecular formula is C15H24N2OS. The van der Waals surface area contributed by atoms with E-state index in [0.29, 0.717) is 12.6 Å². The Kier molecular flexibility index (Phi) is 5.55. The van der Waals surface area contributed by atoms with Gasteiger partial charge >= 0.3 is 0 Å². The van der Waals surface area contributed by atoms with Gasteiger partial charge < -0.3 is 15.4 Å². The number of nitrogens with two attached hydrogens (primary N) is 1. The van der Waals surface area contributed by atoms with E-state index in [9.17, 15) is 0 Å². The molecule has 1 unspecified atom stereocenters. The van der Waals surface area contributed by atoms with Crippen molar-refractivity contribution in [3.63, 3.8) is 0 Å². The fourth-order valence-corrected chi connectivity index (χ4v) is 3.26. The van der Waals surface area contributed by atoms with Crippen molar-refractivity contribution >= 4 is 11.8 Å². The zero-order valence-corrected chi connectivity index (χ0v) is 12.7. The lowest BCUT2D eigenvalue weighted by atomic mass is 10.0. The van der Waals surface area contributed by atoms with Crippen LogP contribution in [-0.2, 0) is 6.54 Å². The summed E-state index contributed by atoms with van der Waals surface area (Å²) in [5, 5.41) is 0. The third-order valence-corrected chi connectivity index (χ3v) is 4.69. The van der Waals surface area contributed by atoms with Gasteiger partial charge in [0.15, 0.2) is 0 Å².